The molecule has 1 amide bonds. The molecule has 1 rings (SSSR count). The Morgan fingerprint density at radius 1 is 1.35 bits per heavy atom. The third-order valence-corrected chi connectivity index (χ3v) is 2.90. The van der Waals surface area contributed by atoms with Crippen molar-refractivity contribution in [1.82, 2.24) is 10.2 Å². The van der Waals surface area contributed by atoms with Crippen LogP contribution in [0.5, 0.6) is 0 Å². The first-order valence-electron chi connectivity index (χ1n) is 5.26. The van der Waals surface area contributed by atoms with Crippen molar-refractivity contribution in [2.45, 2.75) is 27.2 Å². The summed E-state index contributed by atoms with van der Waals surface area (Å²) in [5, 5.41) is 20.0. The quantitative estimate of drug-likeness (QED) is 0.778. The van der Waals surface area contributed by atoms with Gasteiger partial charge in [-0.3, -0.25) is 14.9 Å². The molecule has 0 radical (unpaired) electrons. The van der Waals surface area contributed by atoms with Crippen LogP contribution >= 0.6 is 11.3 Å². The van der Waals surface area contributed by atoms with E-state index < -0.39 is 17.8 Å². The van der Waals surface area contributed by atoms with Crippen LogP contribution in [0.3, 0.4) is 0 Å². The van der Waals surface area contributed by atoms with E-state index in [1.54, 1.807) is 0 Å². The molecule has 0 saturated carbocycles. The minimum absolute atomic E-state index is 0.346. The molecule has 0 aliphatic heterocycles. The van der Waals surface area contributed by atoms with Crippen LogP contribution in [0.1, 0.15) is 25.8 Å². The summed E-state index contributed by atoms with van der Waals surface area (Å²) >= 11 is 1.27. The Balaban J connectivity index is 2.60. The van der Waals surface area contributed by atoms with Gasteiger partial charge in [-0.05, 0) is 12.8 Å². The van der Waals surface area contributed by atoms with E-state index in [2.05, 4.69) is 29.4 Å². The summed E-state index contributed by atoms with van der Waals surface area (Å²) in [6, 6.07) is 0. The Hall–Kier alpha value is -1.50. The summed E-state index contributed by atoms with van der Waals surface area (Å²) in [5.74, 6) is -2.36. The van der Waals surface area contributed by atoms with E-state index in [4.69, 9.17) is 5.11 Å². The Bertz CT molecular complexity index is 417. The molecule has 2 N–H and O–H groups in total. The molecule has 0 aliphatic carbocycles. The van der Waals surface area contributed by atoms with E-state index >= 15 is 0 Å². The maximum Gasteiger partial charge on any atom is 0.315 e. The van der Waals surface area contributed by atoms with Crippen molar-refractivity contribution < 1.29 is 14.7 Å². The second-order valence-electron chi connectivity index (χ2n) is 4.15. The number of aliphatic carboxylic acids is 1. The zero-order valence-corrected chi connectivity index (χ0v) is 10.7. The van der Waals surface area contributed by atoms with Gasteiger partial charge in [0.25, 0.3) is 0 Å². The van der Waals surface area contributed by atoms with Crippen LogP contribution < -0.4 is 5.32 Å². The van der Waals surface area contributed by atoms with Crippen LogP contribution in [0.4, 0.5) is 5.13 Å². The van der Waals surface area contributed by atoms with Crippen LogP contribution in [0.25, 0.3) is 0 Å². The number of nitrogens with one attached hydrogen (secondary N) is 1. The SMILES string of the molecule is CC(C)Cc1nnc(NC(=O)C(C)C(=O)O)s1. The van der Waals surface area contributed by atoms with Gasteiger partial charge in [0.15, 0.2) is 0 Å². The van der Waals surface area contributed by atoms with Gasteiger partial charge in [-0.2, -0.15) is 0 Å². The van der Waals surface area contributed by atoms with Crippen LogP contribution in [-0.2, 0) is 16.0 Å². The minimum Gasteiger partial charge on any atom is -0.481 e. The Morgan fingerprint density at radius 3 is 2.53 bits per heavy atom. The van der Waals surface area contributed by atoms with E-state index in [1.807, 2.05) is 0 Å². The second kappa shape index (κ2) is 5.72. The first-order chi connectivity index (χ1) is 7.90. The summed E-state index contributed by atoms with van der Waals surface area (Å²) in [6.45, 7) is 5.45. The number of amides is 1. The molecule has 1 unspecified atom stereocenters. The lowest BCUT2D eigenvalue weighted by molar-refractivity contribution is -0.144. The largest absolute Gasteiger partial charge is 0.481 e. The van der Waals surface area contributed by atoms with Crippen LogP contribution in [0.15, 0.2) is 0 Å². The summed E-state index contributed by atoms with van der Waals surface area (Å²) in [5.41, 5.74) is 0. The van der Waals surface area contributed by atoms with Crippen molar-refractivity contribution in [3.8, 4) is 0 Å². The van der Waals surface area contributed by atoms with Gasteiger partial charge in [-0.1, -0.05) is 25.2 Å². The summed E-state index contributed by atoms with van der Waals surface area (Å²) in [7, 11) is 0. The predicted octanol–water partition coefficient (Wildman–Crippen LogP) is 1.40. The van der Waals surface area contributed by atoms with E-state index in [-0.39, 0.29) is 0 Å². The van der Waals surface area contributed by atoms with Crippen molar-refractivity contribution in [2.75, 3.05) is 5.32 Å². The molecule has 17 heavy (non-hydrogen) atoms. The first-order valence-corrected chi connectivity index (χ1v) is 6.08. The average molecular weight is 257 g/mol. The number of aromatic nitrogens is 2. The first kappa shape index (κ1) is 13.6. The number of anilines is 1. The molecule has 0 bridgehead atoms. The van der Waals surface area contributed by atoms with Gasteiger partial charge < -0.3 is 5.11 Å². The van der Waals surface area contributed by atoms with E-state index in [9.17, 15) is 9.59 Å². The van der Waals surface area contributed by atoms with Crippen LogP contribution in [-0.4, -0.2) is 27.2 Å². The third-order valence-electron chi connectivity index (χ3n) is 2.04. The zero-order valence-electron chi connectivity index (χ0n) is 9.93. The molecule has 0 fully saturated rings. The molecule has 0 aliphatic rings. The highest BCUT2D eigenvalue weighted by molar-refractivity contribution is 7.15. The number of hydrogen-bond donors (Lipinski definition) is 2. The highest BCUT2D eigenvalue weighted by Crippen LogP contribution is 2.18. The number of rotatable bonds is 5. The molecule has 94 valence electrons. The molecule has 1 atom stereocenters. The van der Waals surface area contributed by atoms with Crippen LogP contribution in [0, 0.1) is 11.8 Å². The summed E-state index contributed by atoms with van der Waals surface area (Å²) < 4.78 is 0. The maximum absolute atomic E-state index is 11.4. The van der Waals surface area contributed by atoms with Crippen molar-refractivity contribution in [2.24, 2.45) is 11.8 Å². The van der Waals surface area contributed by atoms with Crippen molar-refractivity contribution in [3.63, 3.8) is 0 Å². The number of carboxylic acid groups (broad SMARTS) is 1. The third kappa shape index (κ3) is 4.10. The lowest BCUT2D eigenvalue weighted by Gasteiger charge is -2.04. The van der Waals surface area contributed by atoms with Crippen LogP contribution in [0.2, 0.25) is 0 Å². The minimum atomic E-state index is -1.16. The number of carbonyl (C=O) groups excluding carboxylic acids is 1. The van der Waals surface area contributed by atoms with E-state index in [1.165, 1.54) is 18.3 Å². The molecule has 1 aromatic rings. The topological polar surface area (TPSA) is 92.2 Å². The van der Waals surface area contributed by atoms with Crippen molar-refractivity contribution >= 4 is 28.3 Å². The normalized spacial score (nSPS) is 12.5. The molecule has 0 saturated heterocycles. The second-order valence-corrected chi connectivity index (χ2v) is 5.21. The number of nitrogens with zero attached hydrogens (tertiary/aromatic N) is 2. The van der Waals surface area contributed by atoms with Gasteiger partial charge in [0.2, 0.25) is 11.0 Å². The number of carboxylic acids is 1. The van der Waals surface area contributed by atoms with Gasteiger partial charge in [0, 0.05) is 6.42 Å². The lowest BCUT2D eigenvalue weighted by atomic mass is 10.1. The fourth-order valence-electron chi connectivity index (χ4n) is 1.06. The van der Waals surface area contributed by atoms with Gasteiger partial charge in [-0.25, -0.2) is 0 Å². The highest BCUT2D eigenvalue weighted by Gasteiger charge is 2.21. The highest BCUT2D eigenvalue weighted by atomic mass is 32.1. The number of hydrogen-bond acceptors (Lipinski definition) is 5. The molecule has 1 aromatic heterocycles. The molecular weight excluding hydrogens is 242 g/mol. The van der Waals surface area contributed by atoms with Gasteiger partial charge in [0.05, 0.1) is 0 Å². The summed E-state index contributed by atoms with van der Waals surface area (Å²) in [6.07, 6.45) is 0.794. The van der Waals surface area contributed by atoms with Crippen molar-refractivity contribution in [3.05, 3.63) is 5.01 Å². The lowest BCUT2D eigenvalue weighted by Crippen LogP contribution is -2.26. The van der Waals surface area contributed by atoms with Crippen molar-refractivity contribution in [1.29, 1.82) is 0 Å². The molecule has 1 heterocycles. The summed E-state index contributed by atoms with van der Waals surface area (Å²) in [4.78, 5) is 22.0. The fourth-order valence-corrected chi connectivity index (χ4v) is 2.02. The zero-order chi connectivity index (χ0) is 13.0. The molecule has 0 spiro atoms. The van der Waals surface area contributed by atoms with E-state index in [0.29, 0.717) is 11.0 Å². The molecule has 7 heteroatoms. The Morgan fingerprint density at radius 2 is 2.00 bits per heavy atom. The van der Waals surface area contributed by atoms with Gasteiger partial charge in [-0.15, -0.1) is 10.2 Å². The van der Waals surface area contributed by atoms with E-state index in [0.717, 1.165) is 11.4 Å². The molecule has 6 nitrogen and oxygen atoms in total. The maximum atomic E-state index is 11.4. The number of carbonyl (C=O) groups is 2. The predicted molar refractivity (Wildman–Crippen MR) is 63.9 cm³/mol. The van der Waals surface area contributed by atoms with Gasteiger partial charge in [0.1, 0.15) is 10.9 Å². The molecular formula is C10H15N3O3S. The van der Waals surface area contributed by atoms with Gasteiger partial charge >= 0.3 is 5.97 Å². The smallest absolute Gasteiger partial charge is 0.315 e. The standard InChI is InChI=1S/C10H15N3O3S/c1-5(2)4-7-12-13-10(17-7)11-8(14)6(3)9(15)16/h5-6H,4H2,1-3H3,(H,15,16)(H,11,13,14). The fraction of sp³-hybridized carbons (Fsp3) is 0.600. The molecule has 0 aromatic carbocycles. The average Bonchev–Trinajstić information content (AvgIpc) is 2.63. The Kier molecular flexibility index (Phi) is 4.56. The Labute approximate surface area is 103 Å². The monoisotopic (exact) mass is 257 g/mol.